The average molecular weight is 419 g/mol. The van der Waals surface area contributed by atoms with Gasteiger partial charge in [0, 0.05) is 24.3 Å². The number of sulfonamides is 1. The number of anilines is 1. The molecule has 0 aliphatic carbocycles. The summed E-state index contributed by atoms with van der Waals surface area (Å²) < 4.78 is 27.2. The molecular weight excluding hydrogens is 386 g/mol. The largest absolute Gasteiger partial charge is 0.330 e. The van der Waals surface area contributed by atoms with E-state index in [1.54, 1.807) is 25.1 Å². The van der Waals surface area contributed by atoms with Crippen molar-refractivity contribution in [1.82, 2.24) is 4.31 Å². The summed E-state index contributed by atoms with van der Waals surface area (Å²) >= 11 is 0. The van der Waals surface area contributed by atoms with Crippen LogP contribution in [0.5, 0.6) is 0 Å². The van der Waals surface area contributed by atoms with Gasteiger partial charge in [-0.3, -0.25) is 4.79 Å². The highest BCUT2D eigenvalue weighted by Crippen LogP contribution is 2.23. The van der Waals surface area contributed by atoms with E-state index in [0.29, 0.717) is 24.3 Å². The number of amides is 1. The van der Waals surface area contributed by atoms with E-state index in [-0.39, 0.29) is 22.9 Å². The molecule has 2 atom stereocenters. The number of hydrogen-bond acceptors (Lipinski definition) is 3. The molecule has 1 amide bonds. The highest BCUT2D eigenvalue weighted by Gasteiger charge is 2.25. The van der Waals surface area contributed by atoms with E-state index >= 15 is 0 Å². The number of nitrogens with two attached hydrogens (primary N) is 1. The van der Waals surface area contributed by atoms with Crippen LogP contribution in [0.25, 0.3) is 0 Å². The van der Waals surface area contributed by atoms with Crippen molar-refractivity contribution in [3.05, 3.63) is 59.7 Å². The maximum atomic E-state index is 12.9. The molecule has 0 aliphatic heterocycles. The molecule has 7 heteroatoms. The third-order valence-electron chi connectivity index (χ3n) is 5.10. The first-order chi connectivity index (χ1) is 13.7. The quantitative estimate of drug-likeness (QED) is 0.657. The number of aryl methyl sites for hydroxylation is 1. The van der Waals surface area contributed by atoms with Gasteiger partial charge in [-0.1, -0.05) is 50.2 Å². The minimum Gasteiger partial charge on any atom is -0.330 e. The third-order valence-corrected chi connectivity index (χ3v) is 7.29. The topological polar surface area (TPSA) is 83.1 Å². The van der Waals surface area contributed by atoms with E-state index in [9.17, 15) is 13.2 Å². The van der Waals surface area contributed by atoms with Crippen LogP contribution in [0.2, 0.25) is 0 Å². The number of nitrogens with zero attached hydrogens (tertiary/aromatic N) is 1. The fourth-order valence-electron chi connectivity index (χ4n) is 3.30. The lowest BCUT2D eigenvalue weighted by Crippen LogP contribution is -2.91. The molecule has 0 spiro atoms. The fourth-order valence-corrected chi connectivity index (χ4v) is 5.01. The maximum absolute atomic E-state index is 12.9. The summed E-state index contributed by atoms with van der Waals surface area (Å²) in [4.78, 5) is 12.9. The van der Waals surface area contributed by atoms with Crippen LogP contribution in [0.3, 0.4) is 0 Å². The summed E-state index contributed by atoms with van der Waals surface area (Å²) in [5.74, 6) is -0.164. The normalized spacial score (nSPS) is 13.9. The number of benzene rings is 2. The minimum absolute atomic E-state index is 0.133. The van der Waals surface area contributed by atoms with Crippen LogP contribution in [0, 0.1) is 6.92 Å². The summed E-state index contributed by atoms with van der Waals surface area (Å²) in [6.07, 6.45) is 0. The van der Waals surface area contributed by atoms with Gasteiger partial charge in [0.15, 0.2) is 6.04 Å². The molecule has 0 heterocycles. The van der Waals surface area contributed by atoms with E-state index in [0.717, 1.165) is 5.56 Å². The molecule has 6 nitrogen and oxygen atoms in total. The predicted octanol–water partition coefficient (Wildman–Crippen LogP) is 2.68. The first kappa shape index (κ1) is 23.1. The van der Waals surface area contributed by atoms with Crippen LogP contribution >= 0.6 is 0 Å². The van der Waals surface area contributed by atoms with E-state index in [4.69, 9.17) is 0 Å². The first-order valence-corrected chi connectivity index (χ1v) is 11.5. The number of rotatable bonds is 9. The molecule has 3 N–H and O–H groups in total. The molecule has 0 bridgehead atoms. The Balaban J connectivity index is 2.14. The van der Waals surface area contributed by atoms with Crippen LogP contribution < -0.4 is 10.6 Å². The standard InChI is InChI=1S/C22H31N3O3S/c1-6-25(7-2)29(27,28)21-15-20(14-13-16(21)3)24-22(26)18(5)23-17(4)19-11-9-8-10-12-19/h8-15,17-18,23H,6-7H2,1-5H3,(H,24,26)/p+1/t17-,18-/m0/s1. The Morgan fingerprint density at radius 3 is 2.28 bits per heavy atom. The predicted molar refractivity (Wildman–Crippen MR) is 116 cm³/mol. The maximum Gasteiger partial charge on any atom is 0.282 e. The number of carbonyl (C=O) groups is 1. The van der Waals surface area contributed by atoms with E-state index in [1.807, 2.05) is 56.4 Å². The zero-order valence-electron chi connectivity index (χ0n) is 17.8. The summed E-state index contributed by atoms with van der Waals surface area (Å²) in [5.41, 5.74) is 2.29. The summed E-state index contributed by atoms with van der Waals surface area (Å²) in [5, 5.41) is 4.85. The van der Waals surface area contributed by atoms with Crippen molar-refractivity contribution in [3.63, 3.8) is 0 Å². The Kier molecular flexibility index (Phi) is 7.96. The molecule has 158 valence electrons. The Morgan fingerprint density at radius 1 is 1.07 bits per heavy atom. The van der Waals surface area contributed by atoms with E-state index in [1.165, 1.54) is 4.31 Å². The van der Waals surface area contributed by atoms with E-state index < -0.39 is 10.0 Å². The lowest BCUT2D eigenvalue weighted by atomic mass is 10.1. The van der Waals surface area contributed by atoms with Crippen LogP contribution in [0.4, 0.5) is 5.69 Å². The van der Waals surface area contributed by atoms with Crippen LogP contribution in [0.15, 0.2) is 53.4 Å². The molecule has 0 saturated heterocycles. The van der Waals surface area contributed by atoms with Crippen molar-refractivity contribution in [2.75, 3.05) is 18.4 Å². The zero-order valence-corrected chi connectivity index (χ0v) is 18.7. The molecule has 29 heavy (non-hydrogen) atoms. The van der Waals surface area contributed by atoms with Gasteiger partial charge < -0.3 is 10.6 Å². The van der Waals surface area contributed by atoms with Crippen molar-refractivity contribution in [3.8, 4) is 0 Å². The molecule has 0 saturated carbocycles. The van der Waals surface area contributed by atoms with Crippen molar-refractivity contribution >= 4 is 21.6 Å². The fraction of sp³-hybridized carbons (Fsp3) is 0.409. The molecule has 2 aromatic carbocycles. The summed E-state index contributed by atoms with van der Waals surface area (Å²) in [6, 6.07) is 14.8. The van der Waals surface area contributed by atoms with Gasteiger partial charge in [0.25, 0.3) is 5.91 Å². The molecule has 2 rings (SSSR count). The Morgan fingerprint density at radius 2 is 1.69 bits per heavy atom. The highest BCUT2D eigenvalue weighted by atomic mass is 32.2. The Bertz CT molecular complexity index is 926. The Labute approximate surface area is 174 Å². The number of nitrogens with one attached hydrogen (secondary N) is 1. The smallest absolute Gasteiger partial charge is 0.282 e. The zero-order chi connectivity index (χ0) is 21.6. The first-order valence-electron chi connectivity index (χ1n) is 10.0. The van der Waals surface area contributed by atoms with Gasteiger partial charge >= 0.3 is 0 Å². The monoisotopic (exact) mass is 418 g/mol. The van der Waals surface area contributed by atoms with Gasteiger partial charge in [0.1, 0.15) is 6.04 Å². The second kappa shape index (κ2) is 10.0. The molecule has 0 radical (unpaired) electrons. The van der Waals surface area contributed by atoms with Gasteiger partial charge in [0.05, 0.1) is 4.90 Å². The van der Waals surface area contributed by atoms with Crippen LogP contribution in [0.1, 0.15) is 44.9 Å². The van der Waals surface area contributed by atoms with Crippen molar-refractivity contribution in [1.29, 1.82) is 0 Å². The van der Waals surface area contributed by atoms with Gasteiger partial charge in [-0.25, -0.2) is 8.42 Å². The molecule has 0 fully saturated rings. The summed E-state index contributed by atoms with van der Waals surface area (Å²) in [7, 11) is -3.59. The number of quaternary nitrogens is 1. The molecule has 0 aliphatic rings. The highest BCUT2D eigenvalue weighted by molar-refractivity contribution is 7.89. The Hall–Kier alpha value is -2.22. The lowest BCUT2D eigenvalue weighted by Gasteiger charge is -2.21. The van der Waals surface area contributed by atoms with Crippen molar-refractivity contribution in [2.45, 2.75) is 51.6 Å². The van der Waals surface area contributed by atoms with Gasteiger partial charge in [-0.2, -0.15) is 4.31 Å². The lowest BCUT2D eigenvalue weighted by molar-refractivity contribution is -0.709. The second-order valence-corrected chi connectivity index (χ2v) is 9.15. The van der Waals surface area contributed by atoms with Crippen LogP contribution in [-0.4, -0.2) is 37.8 Å². The van der Waals surface area contributed by atoms with Gasteiger partial charge in [0.2, 0.25) is 10.0 Å². The van der Waals surface area contributed by atoms with Gasteiger partial charge in [-0.05, 0) is 38.5 Å². The third kappa shape index (κ3) is 5.65. The number of hydrogen-bond donors (Lipinski definition) is 2. The minimum atomic E-state index is -3.59. The molecule has 0 unspecified atom stereocenters. The molecule has 2 aromatic rings. The molecular formula is C22H32N3O3S+. The molecule has 0 aromatic heterocycles. The second-order valence-electron chi connectivity index (χ2n) is 7.24. The number of carbonyl (C=O) groups excluding carboxylic acids is 1. The van der Waals surface area contributed by atoms with Crippen LogP contribution in [-0.2, 0) is 14.8 Å². The van der Waals surface area contributed by atoms with Crippen molar-refractivity contribution in [2.24, 2.45) is 0 Å². The van der Waals surface area contributed by atoms with E-state index in [2.05, 4.69) is 12.2 Å². The average Bonchev–Trinajstić information content (AvgIpc) is 2.70. The SMILES string of the molecule is CCN(CC)S(=O)(=O)c1cc(NC(=O)[C@H](C)[NH2+][C@@H](C)c2ccccc2)ccc1C. The van der Waals surface area contributed by atoms with Crippen molar-refractivity contribution < 1.29 is 18.5 Å². The summed E-state index contributed by atoms with van der Waals surface area (Å²) in [6.45, 7) is 10.1. The van der Waals surface area contributed by atoms with Gasteiger partial charge in [-0.15, -0.1) is 0 Å².